The zero-order valence-electron chi connectivity index (χ0n) is 15.4. The molecule has 0 aliphatic rings. The van der Waals surface area contributed by atoms with Gasteiger partial charge in [-0.2, -0.15) is 10.2 Å². The fourth-order valence-corrected chi connectivity index (χ4v) is 3.05. The van der Waals surface area contributed by atoms with E-state index in [1.165, 1.54) is 6.21 Å². The second-order valence-electron chi connectivity index (χ2n) is 6.12. The summed E-state index contributed by atoms with van der Waals surface area (Å²) in [5.41, 5.74) is 5.43. The highest BCUT2D eigenvalue weighted by Gasteiger charge is 2.13. The number of H-pyrrole nitrogens is 1. The summed E-state index contributed by atoms with van der Waals surface area (Å²) in [5.74, 6) is 0.121. The lowest BCUT2D eigenvalue weighted by Gasteiger charge is -2.02. The quantitative estimate of drug-likeness (QED) is 0.391. The maximum Gasteiger partial charge on any atom is 0.279 e. The topological polar surface area (TPSA) is 101 Å². The molecule has 2 N–H and O–H groups in total. The van der Waals surface area contributed by atoms with Gasteiger partial charge in [-0.3, -0.25) is 9.78 Å². The van der Waals surface area contributed by atoms with Crippen molar-refractivity contribution in [3.8, 4) is 16.9 Å². The number of anilines is 1. The molecule has 9 heteroatoms. The van der Waals surface area contributed by atoms with E-state index in [-0.39, 0.29) is 17.2 Å². The molecule has 4 rings (SSSR count). The van der Waals surface area contributed by atoms with Crippen molar-refractivity contribution in [2.45, 2.75) is 6.92 Å². The van der Waals surface area contributed by atoms with Crippen molar-refractivity contribution in [2.75, 3.05) is 5.43 Å². The van der Waals surface area contributed by atoms with Gasteiger partial charge in [0, 0.05) is 5.56 Å². The maximum absolute atomic E-state index is 12.3. The molecule has 2 aromatic carbocycles. The van der Waals surface area contributed by atoms with Gasteiger partial charge in [0.05, 0.1) is 23.2 Å². The molecule has 144 valence electrons. The first-order valence-corrected chi connectivity index (χ1v) is 9.13. The van der Waals surface area contributed by atoms with Crippen molar-refractivity contribution in [2.24, 2.45) is 5.10 Å². The fraction of sp³-hybridized carbons (Fsp3) is 0.0500. The molecule has 0 radical (unpaired) electrons. The second-order valence-corrected chi connectivity index (χ2v) is 6.48. The van der Waals surface area contributed by atoms with E-state index in [0.717, 1.165) is 5.69 Å². The number of halogens is 1. The number of aromatic nitrogens is 5. The first kappa shape index (κ1) is 18.6. The number of rotatable bonds is 5. The number of benzene rings is 2. The Morgan fingerprint density at radius 3 is 2.45 bits per heavy atom. The van der Waals surface area contributed by atoms with E-state index in [4.69, 9.17) is 11.6 Å². The van der Waals surface area contributed by atoms with Crippen LogP contribution in [0.25, 0.3) is 16.9 Å². The van der Waals surface area contributed by atoms with Crippen LogP contribution in [-0.4, -0.2) is 31.2 Å². The largest absolute Gasteiger partial charge is 0.288 e. The lowest BCUT2D eigenvalue weighted by molar-refractivity contribution is 0.863. The third-order valence-electron chi connectivity index (χ3n) is 4.16. The van der Waals surface area contributed by atoms with Gasteiger partial charge in [0.1, 0.15) is 5.15 Å². The van der Waals surface area contributed by atoms with E-state index < -0.39 is 0 Å². The molecule has 0 atom stereocenters. The monoisotopic (exact) mass is 405 g/mol. The molecule has 2 heterocycles. The van der Waals surface area contributed by atoms with Crippen molar-refractivity contribution in [3.05, 3.63) is 87.4 Å². The summed E-state index contributed by atoms with van der Waals surface area (Å²) in [4.78, 5) is 14.9. The first-order chi connectivity index (χ1) is 14.1. The van der Waals surface area contributed by atoms with E-state index in [1.54, 1.807) is 16.8 Å². The summed E-state index contributed by atoms with van der Waals surface area (Å²) in [6.07, 6.45) is 1.52. The Labute approximate surface area is 170 Å². The molecule has 2 aromatic heterocycles. The molecule has 8 nitrogen and oxygen atoms in total. The molecule has 0 spiro atoms. The molecular weight excluding hydrogens is 390 g/mol. The fourth-order valence-electron chi connectivity index (χ4n) is 2.73. The SMILES string of the molecule is Cc1nn(-c2ccccc2)c(Cl)c1/C=N/Nc1nnc(-c2ccccc2)c(=O)[nH]1. The van der Waals surface area contributed by atoms with Gasteiger partial charge in [0.25, 0.3) is 5.56 Å². The first-order valence-electron chi connectivity index (χ1n) is 8.75. The minimum Gasteiger partial charge on any atom is -0.288 e. The Balaban J connectivity index is 1.53. The molecule has 29 heavy (non-hydrogen) atoms. The van der Waals surface area contributed by atoms with Crippen LogP contribution in [0, 0.1) is 6.92 Å². The van der Waals surface area contributed by atoms with Crippen LogP contribution in [0.5, 0.6) is 0 Å². The molecule has 0 saturated carbocycles. The summed E-state index contributed by atoms with van der Waals surface area (Å²) in [6, 6.07) is 18.7. The van der Waals surface area contributed by atoms with Crippen LogP contribution in [-0.2, 0) is 0 Å². The van der Waals surface area contributed by atoms with Crippen LogP contribution in [0.4, 0.5) is 5.95 Å². The maximum atomic E-state index is 12.3. The van der Waals surface area contributed by atoms with Gasteiger partial charge in [-0.05, 0) is 19.1 Å². The zero-order valence-corrected chi connectivity index (χ0v) is 16.1. The van der Waals surface area contributed by atoms with Gasteiger partial charge in [0.2, 0.25) is 5.95 Å². The van der Waals surface area contributed by atoms with E-state index in [2.05, 4.69) is 30.8 Å². The molecular formula is C20H16ClN7O. The Morgan fingerprint density at radius 1 is 1.07 bits per heavy atom. The van der Waals surface area contributed by atoms with Crippen LogP contribution in [0.2, 0.25) is 5.15 Å². The standard InChI is InChI=1S/C20H16ClN7O/c1-13-16(18(21)28(27-13)15-10-6-3-7-11-15)12-22-25-20-23-19(29)17(24-26-20)14-8-4-2-5-9-14/h2-12H,1H3,(H2,23,25,26,29)/b22-12+. The predicted molar refractivity (Wildman–Crippen MR) is 113 cm³/mol. The molecule has 4 aromatic rings. The normalized spacial score (nSPS) is 11.1. The van der Waals surface area contributed by atoms with Crippen molar-refractivity contribution in [1.82, 2.24) is 25.0 Å². The minimum absolute atomic E-state index is 0.121. The van der Waals surface area contributed by atoms with E-state index >= 15 is 0 Å². The Hall–Kier alpha value is -3.78. The van der Waals surface area contributed by atoms with Gasteiger partial charge in [-0.25, -0.2) is 10.1 Å². The number of hydrazone groups is 1. The minimum atomic E-state index is -0.366. The van der Waals surface area contributed by atoms with Crippen LogP contribution in [0.3, 0.4) is 0 Å². The van der Waals surface area contributed by atoms with E-state index in [0.29, 0.717) is 22.0 Å². The number of para-hydroxylation sites is 1. The van der Waals surface area contributed by atoms with Crippen molar-refractivity contribution < 1.29 is 0 Å². The lowest BCUT2D eigenvalue weighted by atomic mass is 10.2. The molecule has 0 saturated heterocycles. The summed E-state index contributed by atoms with van der Waals surface area (Å²) in [7, 11) is 0. The molecule has 0 aliphatic heterocycles. The Bertz CT molecular complexity index is 1220. The second kappa shape index (κ2) is 8.07. The summed E-state index contributed by atoms with van der Waals surface area (Å²) in [5, 5.41) is 16.9. The average molecular weight is 406 g/mol. The number of hydrogen-bond acceptors (Lipinski definition) is 6. The molecule has 0 unspecified atom stereocenters. The van der Waals surface area contributed by atoms with Crippen molar-refractivity contribution >= 4 is 23.8 Å². The van der Waals surface area contributed by atoms with Gasteiger partial charge in [-0.15, -0.1) is 10.2 Å². The van der Waals surface area contributed by atoms with Crippen molar-refractivity contribution in [1.29, 1.82) is 0 Å². The summed E-state index contributed by atoms with van der Waals surface area (Å²) in [6.45, 7) is 1.84. The molecule has 0 amide bonds. The Kier molecular flexibility index (Phi) is 5.17. The summed E-state index contributed by atoms with van der Waals surface area (Å²) < 4.78 is 1.63. The van der Waals surface area contributed by atoms with E-state index in [9.17, 15) is 4.79 Å². The number of hydrogen-bond donors (Lipinski definition) is 2. The summed E-state index contributed by atoms with van der Waals surface area (Å²) >= 11 is 6.46. The number of nitrogens with one attached hydrogen (secondary N) is 2. The van der Waals surface area contributed by atoms with Gasteiger partial charge < -0.3 is 0 Å². The Morgan fingerprint density at radius 2 is 1.76 bits per heavy atom. The number of aryl methyl sites for hydroxylation is 1. The van der Waals surface area contributed by atoms with Crippen LogP contribution in [0.1, 0.15) is 11.3 Å². The van der Waals surface area contributed by atoms with E-state index in [1.807, 2.05) is 55.5 Å². The zero-order chi connectivity index (χ0) is 20.2. The predicted octanol–water partition coefficient (Wildman–Crippen LogP) is 3.43. The smallest absolute Gasteiger partial charge is 0.279 e. The third kappa shape index (κ3) is 3.92. The highest BCUT2D eigenvalue weighted by molar-refractivity contribution is 6.32. The van der Waals surface area contributed by atoms with Crippen LogP contribution < -0.4 is 11.0 Å². The molecule has 0 aliphatic carbocycles. The van der Waals surface area contributed by atoms with Crippen LogP contribution >= 0.6 is 11.6 Å². The van der Waals surface area contributed by atoms with Gasteiger partial charge >= 0.3 is 0 Å². The number of nitrogens with zero attached hydrogens (tertiary/aromatic N) is 5. The van der Waals surface area contributed by atoms with Crippen LogP contribution in [0.15, 0.2) is 70.6 Å². The van der Waals surface area contributed by atoms with Gasteiger partial charge in [-0.1, -0.05) is 60.1 Å². The van der Waals surface area contributed by atoms with Gasteiger partial charge in [0.15, 0.2) is 5.69 Å². The lowest BCUT2D eigenvalue weighted by Crippen LogP contribution is -2.15. The highest BCUT2D eigenvalue weighted by atomic mass is 35.5. The third-order valence-corrected chi connectivity index (χ3v) is 4.52. The number of aromatic amines is 1. The molecule has 0 fully saturated rings. The van der Waals surface area contributed by atoms with Crippen molar-refractivity contribution in [3.63, 3.8) is 0 Å². The average Bonchev–Trinajstić information content (AvgIpc) is 3.03. The molecule has 0 bridgehead atoms. The highest BCUT2D eigenvalue weighted by Crippen LogP contribution is 2.22.